The molecule has 2 aromatic heterocycles. The van der Waals surface area contributed by atoms with Crippen LogP contribution in [0.15, 0.2) is 30.6 Å². The fourth-order valence-corrected chi connectivity index (χ4v) is 4.27. The van der Waals surface area contributed by atoms with Gasteiger partial charge in [-0.2, -0.15) is 0 Å². The molecule has 1 aromatic carbocycles. The molecule has 0 saturated heterocycles. The zero-order valence-corrected chi connectivity index (χ0v) is 17.6. The van der Waals surface area contributed by atoms with E-state index in [1.807, 2.05) is 25.1 Å². The summed E-state index contributed by atoms with van der Waals surface area (Å²) in [5.74, 6) is 1.37. The van der Waals surface area contributed by atoms with E-state index in [0.717, 1.165) is 24.0 Å². The normalized spacial score (nSPS) is 18.5. The summed E-state index contributed by atoms with van der Waals surface area (Å²) in [4.78, 5) is 36.0. The topological polar surface area (TPSA) is 109 Å². The predicted octanol–water partition coefficient (Wildman–Crippen LogP) is 3.40. The molecular formula is C23H25N5O3. The van der Waals surface area contributed by atoms with Crippen molar-refractivity contribution in [3.63, 3.8) is 0 Å². The van der Waals surface area contributed by atoms with Crippen molar-refractivity contribution in [3.05, 3.63) is 47.3 Å². The Bertz CT molecular complexity index is 1170. The molecule has 2 aliphatic rings. The van der Waals surface area contributed by atoms with E-state index < -0.39 is 0 Å². The number of nitrogens with one attached hydrogen (secondary N) is 3. The van der Waals surface area contributed by atoms with Crippen LogP contribution in [0.5, 0.6) is 11.6 Å². The Kier molecular flexibility index (Phi) is 4.84. The van der Waals surface area contributed by atoms with Crippen LogP contribution >= 0.6 is 0 Å². The molecule has 2 amide bonds. The number of hydrogen-bond acceptors (Lipinski definition) is 5. The van der Waals surface area contributed by atoms with E-state index in [1.54, 1.807) is 12.4 Å². The van der Waals surface area contributed by atoms with Gasteiger partial charge in [0.05, 0.1) is 17.8 Å². The molecule has 0 radical (unpaired) electrons. The molecule has 0 spiro atoms. The van der Waals surface area contributed by atoms with Crippen LogP contribution < -0.4 is 15.4 Å². The molecule has 8 heteroatoms. The minimum absolute atomic E-state index is 0.0281. The fraction of sp³-hybridized carbons (Fsp3) is 0.391. The summed E-state index contributed by atoms with van der Waals surface area (Å²) >= 11 is 0. The highest BCUT2D eigenvalue weighted by atomic mass is 16.5. The first kappa shape index (κ1) is 19.5. The zero-order chi connectivity index (χ0) is 21.5. The number of H-pyrrole nitrogens is 1. The molecule has 31 heavy (non-hydrogen) atoms. The number of carbonyl (C=O) groups is 2. The van der Waals surface area contributed by atoms with E-state index in [4.69, 9.17) is 4.74 Å². The van der Waals surface area contributed by atoms with Gasteiger partial charge in [-0.1, -0.05) is 6.07 Å². The quantitative estimate of drug-likeness (QED) is 0.567. The maximum absolute atomic E-state index is 12.7. The lowest BCUT2D eigenvalue weighted by molar-refractivity contribution is -0.119. The summed E-state index contributed by atoms with van der Waals surface area (Å²) in [5, 5.41) is 6.04. The van der Waals surface area contributed by atoms with E-state index in [-0.39, 0.29) is 23.9 Å². The van der Waals surface area contributed by atoms with Crippen LogP contribution in [0.25, 0.3) is 11.2 Å². The molecule has 3 aromatic rings. The van der Waals surface area contributed by atoms with Crippen LogP contribution in [-0.2, 0) is 11.2 Å². The first-order chi connectivity index (χ1) is 15.0. The van der Waals surface area contributed by atoms with Crippen molar-refractivity contribution in [1.29, 1.82) is 0 Å². The molecule has 0 unspecified atom stereocenters. The van der Waals surface area contributed by atoms with Crippen LogP contribution in [0.1, 0.15) is 60.6 Å². The van der Waals surface area contributed by atoms with Gasteiger partial charge in [-0.3, -0.25) is 9.59 Å². The molecule has 0 bridgehead atoms. The summed E-state index contributed by atoms with van der Waals surface area (Å²) in [6.07, 6.45) is 7.27. The summed E-state index contributed by atoms with van der Waals surface area (Å²) in [6, 6.07) is 6.03. The maximum Gasteiger partial charge on any atom is 0.255 e. The number of carbonyl (C=O) groups excluding carboxylic acids is 2. The second kappa shape index (κ2) is 7.68. The maximum atomic E-state index is 12.7. The van der Waals surface area contributed by atoms with Crippen LogP contribution in [0.4, 0.5) is 0 Å². The second-order valence-corrected chi connectivity index (χ2v) is 8.46. The summed E-state index contributed by atoms with van der Waals surface area (Å²) < 4.78 is 5.95. The molecule has 5 rings (SSSR count). The number of nitrogens with zero attached hydrogens (tertiary/aromatic N) is 2. The van der Waals surface area contributed by atoms with Crippen molar-refractivity contribution in [3.8, 4) is 11.6 Å². The lowest BCUT2D eigenvalue weighted by Crippen LogP contribution is -2.33. The third-order valence-electron chi connectivity index (χ3n) is 6.08. The number of benzene rings is 1. The zero-order valence-electron chi connectivity index (χ0n) is 17.6. The number of aryl methyl sites for hydroxylation is 1. The smallest absolute Gasteiger partial charge is 0.255 e. The number of amides is 2. The number of hydrogen-bond donors (Lipinski definition) is 3. The van der Waals surface area contributed by atoms with E-state index in [1.165, 1.54) is 19.8 Å². The SMILES string of the molecule is CC(=O)N[C@@H]1CCc2cc(Oc3cnc4[nH]cc(C(=O)N[C@@H](C)C5CC5)c4n3)ccc21. The van der Waals surface area contributed by atoms with Crippen LogP contribution in [0, 0.1) is 5.92 Å². The highest BCUT2D eigenvalue weighted by Crippen LogP contribution is 2.35. The van der Waals surface area contributed by atoms with Gasteiger partial charge < -0.3 is 20.4 Å². The Labute approximate surface area is 179 Å². The van der Waals surface area contributed by atoms with Crippen molar-refractivity contribution >= 4 is 23.0 Å². The third-order valence-corrected chi connectivity index (χ3v) is 6.08. The summed E-state index contributed by atoms with van der Waals surface area (Å²) in [6.45, 7) is 3.57. The number of aromatic amines is 1. The van der Waals surface area contributed by atoms with Gasteiger partial charge in [0.1, 0.15) is 11.3 Å². The monoisotopic (exact) mass is 419 g/mol. The van der Waals surface area contributed by atoms with E-state index in [9.17, 15) is 9.59 Å². The van der Waals surface area contributed by atoms with Crippen molar-refractivity contribution in [2.75, 3.05) is 0 Å². The van der Waals surface area contributed by atoms with Gasteiger partial charge in [0.2, 0.25) is 11.8 Å². The van der Waals surface area contributed by atoms with Crippen molar-refractivity contribution < 1.29 is 14.3 Å². The molecule has 2 aliphatic carbocycles. The minimum Gasteiger partial charge on any atom is -0.437 e. The van der Waals surface area contributed by atoms with Gasteiger partial charge in [-0.25, -0.2) is 9.97 Å². The molecule has 3 N–H and O–H groups in total. The Morgan fingerprint density at radius 2 is 2.10 bits per heavy atom. The Morgan fingerprint density at radius 3 is 2.87 bits per heavy atom. The van der Waals surface area contributed by atoms with E-state index >= 15 is 0 Å². The number of rotatable bonds is 6. The Balaban J connectivity index is 1.35. The van der Waals surface area contributed by atoms with E-state index in [2.05, 4.69) is 25.6 Å². The van der Waals surface area contributed by atoms with Gasteiger partial charge >= 0.3 is 0 Å². The van der Waals surface area contributed by atoms with Gasteiger partial charge in [-0.05, 0) is 61.8 Å². The molecule has 0 aliphatic heterocycles. The highest BCUT2D eigenvalue weighted by molar-refractivity contribution is 6.04. The van der Waals surface area contributed by atoms with Crippen LogP contribution in [-0.4, -0.2) is 32.8 Å². The minimum atomic E-state index is -0.154. The Hall–Kier alpha value is -3.42. The summed E-state index contributed by atoms with van der Waals surface area (Å²) in [7, 11) is 0. The van der Waals surface area contributed by atoms with Crippen molar-refractivity contribution in [2.24, 2.45) is 5.92 Å². The van der Waals surface area contributed by atoms with Gasteiger partial charge in [0, 0.05) is 19.2 Å². The lowest BCUT2D eigenvalue weighted by atomic mass is 10.1. The largest absolute Gasteiger partial charge is 0.437 e. The molecule has 2 atom stereocenters. The van der Waals surface area contributed by atoms with Gasteiger partial charge in [-0.15, -0.1) is 0 Å². The molecule has 1 saturated carbocycles. The van der Waals surface area contributed by atoms with Crippen molar-refractivity contribution in [1.82, 2.24) is 25.6 Å². The number of ether oxygens (including phenoxy) is 1. The highest BCUT2D eigenvalue weighted by Gasteiger charge is 2.30. The second-order valence-electron chi connectivity index (χ2n) is 8.46. The molecule has 2 heterocycles. The number of aromatic nitrogens is 3. The average Bonchev–Trinajstić information content (AvgIpc) is 3.40. The third kappa shape index (κ3) is 3.97. The van der Waals surface area contributed by atoms with Gasteiger partial charge in [0.15, 0.2) is 5.65 Å². The molecule has 8 nitrogen and oxygen atoms in total. The lowest BCUT2D eigenvalue weighted by Gasteiger charge is -2.13. The number of fused-ring (bicyclic) bond motifs is 2. The van der Waals surface area contributed by atoms with Crippen LogP contribution in [0.3, 0.4) is 0 Å². The first-order valence-electron chi connectivity index (χ1n) is 10.7. The standard InChI is InChI=1S/C23H25N5O3/c1-12(14-3-4-14)26-23(30)18-10-24-22-21(18)28-20(11-25-22)31-16-6-7-17-15(9-16)5-8-19(17)27-13(2)29/h6-7,9-12,14,19H,3-5,8H2,1-2H3,(H,24,25)(H,26,30)(H,27,29)/t12-,19+/m0/s1. The molecular weight excluding hydrogens is 394 g/mol. The van der Waals surface area contributed by atoms with E-state index in [0.29, 0.717) is 34.3 Å². The van der Waals surface area contributed by atoms with Gasteiger partial charge in [0.25, 0.3) is 5.91 Å². The molecule has 160 valence electrons. The Morgan fingerprint density at radius 1 is 1.26 bits per heavy atom. The first-order valence-corrected chi connectivity index (χ1v) is 10.7. The average molecular weight is 419 g/mol. The predicted molar refractivity (Wildman–Crippen MR) is 115 cm³/mol. The fourth-order valence-electron chi connectivity index (χ4n) is 4.27. The van der Waals surface area contributed by atoms with Crippen molar-refractivity contribution in [2.45, 2.75) is 51.6 Å². The molecule has 1 fully saturated rings. The summed E-state index contributed by atoms with van der Waals surface area (Å²) in [5.41, 5.74) is 3.78. The van der Waals surface area contributed by atoms with Crippen LogP contribution in [0.2, 0.25) is 0 Å².